The molecule has 3 rings (SSSR count). The van der Waals surface area contributed by atoms with Crippen LogP contribution in [0.2, 0.25) is 0 Å². The lowest BCUT2D eigenvalue weighted by Crippen LogP contribution is -2.42. The topological polar surface area (TPSA) is 85.4 Å². The number of fused-ring (bicyclic) bond motifs is 1. The van der Waals surface area contributed by atoms with Crippen LogP contribution in [0.5, 0.6) is 5.88 Å². The Morgan fingerprint density at radius 2 is 2.08 bits per heavy atom. The highest BCUT2D eigenvalue weighted by atomic mass is 32.1. The number of ether oxygens (including phenoxy) is 2. The van der Waals surface area contributed by atoms with Crippen molar-refractivity contribution in [3.05, 3.63) is 16.3 Å². The summed E-state index contributed by atoms with van der Waals surface area (Å²) in [6, 6.07) is 0.223. The number of carbonyl (C=O) groups excluding carboxylic acids is 1. The van der Waals surface area contributed by atoms with E-state index in [9.17, 15) is 4.79 Å². The normalized spacial score (nSPS) is 15.6. The molecule has 1 saturated heterocycles. The number of amides is 1. The standard InChI is InChI=1S/C16H22N4O3S/c1-9-12-15(23-3)19-11(8-22-2)20-16(12)24-13(9)14(21)18-10-4-6-17-7-5-10/h10,17H,4-8H2,1-3H3,(H,18,21). The number of hydrogen-bond acceptors (Lipinski definition) is 7. The van der Waals surface area contributed by atoms with E-state index in [2.05, 4.69) is 20.6 Å². The monoisotopic (exact) mass is 350 g/mol. The van der Waals surface area contributed by atoms with Gasteiger partial charge in [0.15, 0.2) is 5.82 Å². The van der Waals surface area contributed by atoms with Gasteiger partial charge in [-0.05, 0) is 38.4 Å². The molecular weight excluding hydrogens is 328 g/mol. The molecule has 2 N–H and O–H groups in total. The molecule has 1 aliphatic rings. The molecule has 1 amide bonds. The molecule has 0 spiro atoms. The first-order valence-corrected chi connectivity index (χ1v) is 8.80. The number of thiophene rings is 1. The van der Waals surface area contributed by atoms with Crippen molar-refractivity contribution >= 4 is 27.5 Å². The summed E-state index contributed by atoms with van der Waals surface area (Å²) in [4.78, 5) is 23.0. The Morgan fingerprint density at radius 3 is 2.75 bits per heavy atom. The van der Waals surface area contributed by atoms with Crippen LogP contribution in [0.1, 0.15) is 33.9 Å². The molecule has 0 unspecified atom stereocenters. The first kappa shape index (κ1) is 17.1. The number of rotatable bonds is 5. The maximum Gasteiger partial charge on any atom is 0.261 e. The Hall–Kier alpha value is -1.77. The Bertz CT molecular complexity index is 740. The largest absolute Gasteiger partial charge is 0.480 e. The number of hydrogen-bond donors (Lipinski definition) is 2. The van der Waals surface area contributed by atoms with E-state index >= 15 is 0 Å². The maximum atomic E-state index is 12.7. The summed E-state index contributed by atoms with van der Waals surface area (Å²) in [6.45, 7) is 4.10. The Balaban J connectivity index is 1.93. The molecule has 1 fully saturated rings. The van der Waals surface area contributed by atoms with Gasteiger partial charge in [0.05, 0.1) is 17.4 Å². The molecule has 2 aromatic rings. The van der Waals surface area contributed by atoms with Gasteiger partial charge >= 0.3 is 0 Å². The molecule has 0 atom stereocenters. The first-order chi connectivity index (χ1) is 11.6. The molecule has 0 aliphatic carbocycles. The summed E-state index contributed by atoms with van der Waals surface area (Å²) in [5.74, 6) is 0.993. The van der Waals surface area contributed by atoms with Gasteiger partial charge in [-0.1, -0.05) is 0 Å². The zero-order valence-electron chi connectivity index (χ0n) is 14.1. The highest BCUT2D eigenvalue weighted by molar-refractivity contribution is 7.20. The number of piperidine rings is 1. The number of aromatic nitrogens is 2. The third-order valence-electron chi connectivity index (χ3n) is 4.15. The number of nitrogens with one attached hydrogen (secondary N) is 2. The van der Waals surface area contributed by atoms with Crippen LogP contribution >= 0.6 is 11.3 Å². The minimum absolute atomic E-state index is 0.0438. The van der Waals surface area contributed by atoms with Gasteiger partial charge in [-0.3, -0.25) is 4.79 Å². The quantitative estimate of drug-likeness (QED) is 0.853. The fourth-order valence-electron chi connectivity index (χ4n) is 2.92. The maximum absolute atomic E-state index is 12.7. The molecule has 8 heteroatoms. The van der Waals surface area contributed by atoms with E-state index in [0.717, 1.165) is 41.7 Å². The van der Waals surface area contributed by atoms with Crippen LogP contribution in [0.4, 0.5) is 0 Å². The summed E-state index contributed by atoms with van der Waals surface area (Å²) < 4.78 is 10.5. The summed E-state index contributed by atoms with van der Waals surface area (Å²) in [5, 5.41) is 7.23. The zero-order valence-corrected chi connectivity index (χ0v) is 15.0. The zero-order chi connectivity index (χ0) is 17.1. The van der Waals surface area contributed by atoms with Gasteiger partial charge in [0.1, 0.15) is 11.4 Å². The van der Waals surface area contributed by atoms with Crippen LogP contribution < -0.4 is 15.4 Å². The van der Waals surface area contributed by atoms with E-state index in [0.29, 0.717) is 23.2 Å². The molecule has 0 radical (unpaired) electrons. The first-order valence-electron chi connectivity index (χ1n) is 7.98. The summed E-state index contributed by atoms with van der Waals surface area (Å²) in [6.07, 6.45) is 1.91. The summed E-state index contributed by atoms with van der Waals surface area (Å²) >= 11 is 1.38. The van der Waals surface area contributed by atoms with Crippen LogP contribution in [-0.4, -0.2) is 49.2 Å². The highest BCUT2D eigenvalue weighted by Crippen LogP contribution is 2.35. The molecule has 130 valence electrons. The van der Waals surface area contributed by atoms with E-state index in [1.54, 1.807) is 14.2 Å². The second-order valence-electron chi connectivity index (χ2n) is 5.82. The van der Waals surface area contributed by atoms with Crippen molar-refractivity contribution in [2.75, 3.05) is 27.3 Å². The van der Waals surface area contributed by atoms with Gasteiger partial charge in [0.2, 0.25) is 5.88 Å². The molecule has 0 saturated carbocycles. The number of methoxy groups -OCH3 is 2. The van der Waals surface area contributed by atoms with E-state index in [1.807, 2.05) is 6.92 Å². The molecule has 24 heavy (non-hydrogen) atoms. The van der Waals surface area contributed by atoms with Crippen molar-refractivity contribution in [2.24, 2.45) is 0 Å². The predicted octanol–water partition coefficient (Wildman–Crippen LogP) is 1.64. The van der Waals surface area contributed by atoms with E-state index in [4.69, 9.17) is 9.47 Å². The average Bonchev–Trinajstić information content (AvgIpc) is 2.92. The number of carbonyl (C=O) groups is 1. The Morgan fingerprint density at radius 1 is 1.33 bits per heavy atom. The number of nitrogens with zero attached hydrogens (tertiary/aromatic N) is 2. The van der Waals surface area contributed by atoms with Crippen molar-refractivity contribution in [1.29, 1.82) is 0 Å². The van der Waals surface area contributed by atoms with Gasteiger partial charge in [-0.25, -0.2) is 4.98 Å². The molecule has 0 aromatic carbocycles. The van der Waals surface area contributed by atoms with Crippen molar-refractivity contribution < 1.29 is 14.3 Å². The van der Waals surface area contributed by atoms with Crippen LogP contribution in [-0.2, 0) is 11.3 Å². The van der Waals surface area contributed by atoms with Gasteiger partial charge in [-0.15, -0.1) is 11.3 Å². The van der Waals surface area contributed by atoms with E-state index in [-0.39, 0.29) is 11.9 Å². The number of aryl methyl sites for hydroxylation is 1. The second-order valence-corrected chi connectivity index (χ2v) is 6.82. The van der Waals surface area contributed by atoms with Crippen LogP contribution in [0.3, 0.4) is 0 Å². The van der Waals surface area contributed by atoms with Crippen LogP contribution in [0, 0.1) is 6.92 Å². The minimum Gasteiger partial charge on any atom is -0.480 e. The molecule has 1 aliphatic heterocycles. The summed E-state index contributed by atoms with van der Waals surface area (Å²) in [7, 11) is 3.17. The molecule has 3 heterocycles. The Kier molecular flexibility index (Phi) is 5.27. The second kappa shape index (κ2) is 7.42. The molecule has 7 nitrogen and oxygen atoms in total. The van der Waals surface area contributed by atoms with E-state index < -0.39 is 0 Å². The molecule has 0 bridgehead atoms. The third kappa shape index (κ3) is 3.35. The predicted molar refractivity (Wildman–Crippen MR) is 92.8 cm³/mol. The fraction of sp³-hybridized carbons (Fsp3) is 0.562. The van der Waals surface area contributed by atoms with Crippen molar-refractivity contribution in [3.63, 3.8) is 0 Å². The van der Waals surface area contributed by atoms with Gasteiger partial charge in [-0.2, -0.15) is 4.98 Å². The SMILES string of the molecule is COCc1nc(OC)c2c(C)c(C(=O)NC3CCNCC3)sc2n1. The Labute approximate surface area is 144 Å². The average molecular weight is 350 g/mol. The van der Waals surface area contributed by atoms with Crippen molar-refractivity contribution in [3.8, 4) is 5.88 Å². The highest BCUT2D eigenvalue weighted by Gasteiger charge is 2.23. The third-order valence-corrected chi connectivity index (χ3v) is 5.34. The fourth-order valence-corrected chi connectivity index (χ4v) is 4.01. The lowest BCUT2D eigenvalue weighted by atomic mass is 10.1. The smallest absolute Gasteiger partial charge is 0.261 e. The lowest BCUT2D eigenvalue weighted by molar-refractivity contribution is 0.0933. The van der Waals surface area contributed by atoms with Gasteiger partial charge in [0.25, 0.3) is 5.91 Å². The molecule has 2 aromatic heterocycles. The lowest BCUT2D eigenvalue weighted by Gasteiger charge is -2.23. The summed E-state index contributed by atoms with van der Waals surface area (Å²) in [5.41, 5.74) is 0.863. The molecular formula is C16H22N4O3S. The minimum atomic E-state index is -0.0438. The van der Waals surface area contributed by atoms with Gasteiger partial charge in [0, 0.05) is 13.2 Å². The van der Waals surface area contributed by atoms with Crippen molar-refractivity contribution in [2.45, 2.75) is 32.4 Å². The van der Waals surface area contributed by atoms with Crippen LogP contribution in [0.25, 0.3) is 10.2 Å². The van der Waals surface area contributed by atoms with E-state index in [1.165, 1.54) is 11.3 Å². The van der Waals surface area contributed by atoms with Crippen molar-refractivity contribution in [1.82, 2.24) is 20.6 Å². The van der Waals surface area contributed by atoms with Crippen LogP contribution in [0.15, 0.2) is 0 Å². The van der Waals surface area contributed by atoms with Gasteiger partial charge < -0.3 is 20.1 Å².